The summed E-state index contributed by atoms with van der Waals surface area (Å²) in [7, 11) is 1.68. The molecule has 0 atom stereocenters. The van der Waals surface area contributed by atoms with Crippen molar-refractivity contribution < 1.29 is 9.53 Å². The molecule has 39 heavy (non-hydrogen) atoms. The summed E-state index contributed by atoms with van der Waals surface area (Å²) in [6.07, 6.45) is 9.73. The fourth-order valence-corrected chi connectivity index (χ4v) is 5.27. The molecule has 1 saturated heterocycles. The topological polar surface area (TPSA) is 63.0 Å². The fourth-order valence-electron chi connectivity index (χ4n) is 5.27. The predicted molar refractivity (Wildman–Crippen MR) is 158 cm³/mol. The normalized spacial score (nSPS) is 14.4. The van der Waals surface area contributed by atoms with Gasteiger partial charge in [-0.15, -0.1) is 0 Å². The highest BCUT2D eigenvalue weighted by Crippen LogP contribution is 2.29. The van der Waals surface area contributed by atoms with E-state index in [1.54, 1.807) is 7.11 Å². The van der Waals surface area contributed by atoms with Crippen molar-refractivity contribution in [1.29, 1.82) is 0 Å². The van der Waals surface area contributed by atoms with E-state index in [1.165, 1.54) is 32.4 Å². The molecule has 0 saturated carbocycles. The molecular formula is C32H47N5O2. The Morgan fingerprint density at radius 3 is 2.26 bits per heavy atom. The van der Waals surface area contributed by atoms with E-state index < -0.39 is 0 Å². The molecule has 1 aliphatic heterocycles. The number of fused-ring (bicyclic) bond motifs is 1. The quantitative estimate of drug-likeness (QED) is 0.256. The maximum atomic E-state index is 13.7. The number of benzene rings is 1. The SMILES string of the molecule is COc1ccc(-c2nn3ccc(C(=O)N(CCC(C)C)CCC(C)C)nc3c2CCCN2CCCCC2)cc1. The Bertz CT molecular complexity index is 1180. The Labute approximate surface area is 234 Å². The van der Waals surface area contributed by atoms with E-state index in [4.69, 9.17) is 14.8 Å². The third-order valence-corrected chi connectivity index (χ3v) is 7.75. The zero-order valence-corrected chi connectivity index (χ0v) is 24.7. The second-order valence-electron chi connectivity index (χ2n) is 11.8. The average Bonchev–Trinajstić information content (AvgIpc) is 3.30. The molecule has 0 N–H and O–H groups in total. The van der Waals surface area contributed by atoms with Crippen LogP contribution in [0.25, 0.3) is 16.9 Å². The van der Waals surface area contributed by atoms with Gasteiger partial charge in [0.25, 0.3) is 5.91 Å². The van der Waals surface area contributed by atoms with Crippen LogP contribution in [0.4, 0.5) is 0 Å². The molecule has 212 valence electrons. The van der Waals surface area contributed by atoms with E-state index in [1.807, 2.05) is 33.8 Å². The number of aromatic nitrogens is 3. The fraction of sp³-hybridized carbons (Fsp3) is 0.594. The van der Waals surface area contributed by atoms with Crippen molar-refractivity contribution in [2.45, 2.75) is 72.6 Å². The summed E-state index contributed by atoms with van der Waals surface area (Å²) in [6.45, 7) is 13.8. The molecule has 0 aliphatic carbocycles. The van der Waals surface area contributed by atoms with Crippen molar-refractivity contribution in [2.24, 2.45) is 11.8 Å². The van der Waals surface area contributed by atoms with Crippen LogP contribution in [0.15, 0.2) is 36.5 Å². The Morgan fingerprint density at radius 1 is 0.974 bits per heavy atom. The minimum absolute atomic E-state index is 0.0188. The van der Waals surface area contributed by atoms with Crippen LogP contribution < -0.4 is 4.74 Å². The van der Waals surface area contributed by atoms with Crippen LogP contribution in [-0.2, 0) is 6.42 Å². The maximum absolute atomic E-state index is 13.7. The summed E-state index contributed by atoms with van der Waals surface area (Å²) in [5.41, 5.74) is 4.39. The Balaban J connectivity index is 1.64. The van der Waals surface area contributed by atoms with Crippen molar-refractivity contribution in [1.82, 2.24) is 24.4 Å². The van der Waals surface area contributed by atoms with Gasteiger partial charge in [-0.05, 0) is 100 Å². The summed E-state index contributed by atoms with van der Waals surface area (Å²) >= 11 is 0. The minimum Gasteiger partial charge on any atom is -0.497 e. The van der Waals surface area contributed by atoms with Crippen LogP contribution in [0.2, 0.25) is 0 Å². The van der Waals surface area contributed by atoms with Gasteiger partial charge in [0.2, 0.25) is 0 Å². The van der Waals surface area contributed by atoms with Gasteiger partial charge < -0.3 is 14.5 Å². The predicted octanol–water partition coefficient (Wildman–Crippen LogP) is 6.36. The minimum atomic E-state index is 0.0188. The highest BCUT2D eigenvalue weighted by Gasteiger charge is 2.22. The lowest BCUT2D eigenvalue weighted by molar-refractivity contribution is 0.0735. The smallest absolute Gasteiger partial charge is 0.272 e. The van der Waals surface area contributed by atoms with Gasteiger partial charge in [0.15, 0.2) is 5.65 Å². The molecule has 4 rings (SSSR count). The largest absolute Gasteiger partial charge is 0.497 e. The number of ether oxygens (including phenoxy) is 1. The van der Waals surface area contributed by atoms with Crippen molar-refractivity contribution in [3.63, 3.8) is 0 Å². The van der Waals surface area contributed by atoms with E-state index in [0.29, 0.717) is 17.5 Å². The van der Waals surface area contributed by atoms with Gasteiger partial charge >= 0.3 is 0 Å². The first-order valence-corrected chi connectivity index (χ1v) is 14.9. The van der Waals surface area contributed by atoms with Gasteiger partial charge in [-0.2, -0.15) is 5.10 Å². The Kier molecular flexibility index (Phi) is 10.4. The van der Waals surface area contributed by atoms with E-state index in [0.717, 1.165) is 73.5 Å². The first-order chi connectivity index (χ1) is 18.9. The van der Waals surface area contributed by atoms with Crippen LogP contribution >= 0.6 is 0 Å². The molecule has 3 heterocycles. The van der Waals surface area contributed by atoms with E-state index in [2.05, 4.69) is 44.7 Å². The van der Waals surface area contributed by atoms with Gasteiger partial charge in [-0.1, -0.05) is 34.1 Å². The highest BCUT2D eigenvalue weighted by molar-refractivity contribution is 5.93. The van der Waals surface area contributed by atoms with Crippen LogP contribution in [0.1, 0.15) is 82.3 Å². The molecule has 7 nitrogen and oxygen atoms in total. The van der Waals surface area contributed by atoms with Gasteiger partial charge in [-0.25, -0.2) is 9.50 Å². The van der Waals surface area contributed by atoms with Crippen molar-refractivity contribution in [3.05, 3.63) is 47.8 Å². The second kappa shape index (κ2) is 13.9. The molecule has 2 aromatic heterocycles. The molecule has 0 spiro atoms. The van der Waals surface area contributed by atoms with Gasteiger partial charge in [0.05, 0.1) is 12.8 Å². The molecule has 0 unspecified atom stereocenters. The van der Waals surface area contributed by atoms with Crippen LogP contribution in [0.3, 0.4) is 0 Å². The zero-order chi connectivity index (χ0) is 27.8. The number of piperidine rings is 1. The number of aryl methyl sites for hydroxylation is 1. The number of carbonyl (C=O) groups excluding carboxylic acids is 1. The number of hydrogen-bond donors (Lipinski definition) is 0. The van der Waals surface area contributed by atoms with Crippen LogP contribution in [0.5, 0.6) is 5.75 Å². The molecule has 1 aliphatic rings. The monoisotopic (exact) mass is 533 g/mol. The molecular weight excluding hydrogens is 486 g/mol. The number of rotatable bonds is 13. The molecule has 1 amide bonds. The summed E-state index contributed by atoms with van der Waals surface area (Å²) in [6, 6.07) is 9.89. The summed E-state index contributed by atoms with van der Waals surface area (Å²) < 4.78 is 7.22. The van der Waals surface area contributed by atoms with Gasteiger partial charge in [0.1, 0.15) is 11.4 Å². The standard InChI is InChI=1S/C32H47N5O2/c1-24(2)15-21-36(22-16-25(3)4)32(38)29-17-23-37-31(33-29)28(10-9-20-35-18-7-6-8-19-35)30(34-37)26-11-13-27(39-5)14-12-26/h11-14,17,23-25H,6-10,15-16,18-22H2,1-5H3. The van der Waals surface area contributed by atoms with Crippen molar-refractivity contribution >= 4 is 11.6 Å². The molecule has 3 aromatic rings. The van der Waals surface area contributed by atoms with Gasteiger partial charge in [-0.3, -0.25) is 4.79 Å². The lowest BCUT2D eigenvalue weighted by Gasteiger charge is -2.26. The summed E-state index contributed by atoms with van der Waals surface area (Å²) in [5, 5.41) is 4.94. The van der Waals surface area contributed by atoms with Crippen LogP contribution in [0, 0.1) is 11.8 Å². The average molecular weight is 534 g/mol. The van der Waals surface area contributed by atoms with E-state index in [9.17, 15) is 4.79 Å². The first-order valence-electron chi connectivity index (χ1n) is 14.9. The van der Waals surface area contributed by atoms with Crippen molar-refractivity contribution in [3.8, 4) is 17.0 Å². The second-order valence-corrected chi connectivity index (χ2v) is 11.8. The Hall–Kier alpha value is -2.93. The molecule has 7 heteroatoms. The highest BCUT2D eigenvalue weighted by atomic mass is 16.5. The Morgan fingerprint density at radius 2 is 1.64 bits per heavy atom. The summed E-state index contributed by atoms with van der Waals surface area (Å²) in [4.78, 5) is 23.2. The molecule has 0 bridgehead atoms. The lowest BCUT2D eigenvalue weighted by Crippen LogP contribution is -2.34. The van der Waals surface area contributed by atoms with Gasteiger partial charge in [0, 0.05) is 30.4 Å². The number of amides is 1. The number of hydrogen-bond acceptors (Lipinski definition) is 5. The summed E-state index contributed by atoms with van der Waals surface area (Å²) in [5.74, 6) is 1.93. The van der Waals surface area contributed by atoms with E-state index in [-0.39, 0.29) is 5.91 Å². The van der Waals surface area contributed by atoms with Crippen molar-refractivity contribution in [2.75, 3.05) is 39.8 Å². The van der Waals surface area contributed by atoms with E-state index >= 15 is 0 Å². The number of methoxy groups -OCH3 is 1. The number of likely N-dealkylation sites (tertiary alicyclic amines) is 1. The maximum Gasteiger partial charge on any atom is 0.272 e. The third-order valence-electron chi connectivity index (χ3n) is 7.75. The molecule has 1 fully saturated rings. The zero-order valence-electron chi connectivity index (χ0n) is 24.7. The first kappa shape index (κ1) is 29.1. The molecule has 1 aromatic carbocycles. The molecule has 0 radical (unpaired) electrons. The third kappa shape index (κ3) is 7.81. The lowest BCUT2D eigenvalue weighted by atomic mass is 10.0. The number of carbonyl (C=O) groups is 1. The number of nitrogens with zero attached hydrogens (tertiary/aromatic N) is 5. The van der Waals surface area contributed by atoms with Crippen LogP contribution in [-0.4, -0.2) is 70.1 Å².